The van der Waals surface area contributed by atoms with E-state index < -0.39 is 0 Å². The summed E-state index contributed by atoms with van der Waals surface area (Å²) in [6.07, 6.45) is 1.76. The lowest BCUT2D eigenvalue weighted by Gasteiger charge is -2.04. The third kappa shape index (κ3) is 2.43. The first kappa shape index (κ1) is 11.6. The molecule has 0 aliphatic heterocycles. The molecule has 82 valence electrons. The predicted molar refractivity (Wildman–Crippen MR) is 66.6 cm³/mol. The lowest BCUT2D eigenvalue weighted by Crippen LogP contribution is -2.02. The number of benzene rings is 1. The number of hydrogen-bond acceptors (Lipinski definition) is 3. The highest BCUT2D eigenvalue weighted by molar-refractivity contribution is 7.11. The number of rotatable bonds is 3. The topological polar surface area (TPSA) is 30.0 Å². The zero-order valence-electron chi connectivity index (χ0n) is 8.11. The number of carbonyl (C=O) groups is 1. The lowest BCUT2D eigenvalue weighted by molar-refractivity contribution is 0.0996. The summed E-state index contributed by atoms with van der Waals surface area (Å²) < 4.78 is 0. The smallest absolute Gasteiger partial charge is 0.178 e. The van der Waals surface area contributed by atoms with Crippen molar-refractivity contribution in [2.75, 3.05) is 0 Å². The summed E-state index contributed by atoms with van der Waals surface area (Å²) in [5.41, 5.74) is 2.30. The number of Topliss-reactive ketones (excluding diaryl/α,β-unsaturated/α-hetero) is 1. The molecular weight excluding hydrogens is 265 g/mol. The van der Waals surface area contributed by atoms with Crippen molar-refractivity contribution < 1.29 is 4.79 Å². The zero-order chi connectivity index (χ0) is 11.5. The van der Waals surface area contributed by atoms with E-state index in [9.17, 15) is 4.79 Å². The zero-order valence-corrected chi connectivity index (χ0v) is 10.4. The third-order valence-corrected chi connectivity index (χ3v) is 3.63. The predicted octanol–water partition coefficient (Wildman–Crippen LogP) is 3.88. The Hall–Kier alpha value is -0.900. The molecule has 2 aromatic rings. The van der Waals surface area contributed by atoms with Crippen molar-refractivity contribution >= 4 is 40.3 Å². The summed E-state index contributed by atoms with van der Waals surface area (Å²) in [4.78, 5) is 16.3. The van der Waals surface area contributed by atoms with Gasteiger partial charge in [-0.1, -0.05) is 29.3 Å². The summed E-state index contributed by atoms with van der Waals surface area (Å²) in [6, 6.07) is 5.21. The van der Waals surface area contributed by atoms with E-state index >= 15 is 0 Å². The molecule has 0 aliphatic rings. The first-order chi connectivity index (χ1) is 7.68. The molecule has 0 saturated heterocycles. The van der Waals surface area contributed by atoms with Crippen LogP contribution in [0.5, 0.6) is 0 Å². The van der Waals surface area contributed by atoms with E-state index in [0.717, 1.165) is 0 Å². The quantitative estimate of drug-likeness (QED) is 0.794. The fourth-order valence-electron chi connectivity index (χ4n) is 1.30. The van der Waals surface area contributed by atoms with Crippen LogP contribution < -0.4 is 0 Å². The van der Waals surface area contributed by atoms with Gasteiger partial charge in [0.05, 0.1) is 10.4 Å². The van der Waals surface area contributed by atoms with E-state index in [-0.39, 0.29) is 12.2 Å². The van der Waals surface area contributed by atoms with Gasteiger partial charge in [-0.25, -0.2) is 0 Å². The van der Waals surface area contributed by atoms with Crippen LogP contribution in [-0.4, -0.2) is 10.8 Å². The van der Waals surface area contributed by atoms with Crippen LogP contribution in [0.4, 0.5) is 0 Å². The maximum atomic E-state index is 11.8. The van der Waals surface area contributed by atoms with Crippen molar-refractivity contribution in [2.45, 2.75) is 6.42 Å². The molecule has 2 rings (SSSR count). The molecule has 0 unspecified atom stereocenters. The molecule has 0 bridgehead atoms. The van der Waals surface area contributed by atoms with Crippen molar-refractivity contribution in [2.24, 2.45) is 0 Å². The van der Waals surface area contributed by atoms with Gasteiger partial charge in [0.15, 0.2) is 5.78 Å². The Morgan fingerprint density at radius 2 is 2.00 bits per heavy atom. The summed E-state index contributed by atoms with van der Waals surface area (Å²) in [6.45, 7) is 0. The van der Waals surface area contributed by atoms with Gasteiger partial charge < -0.3 is 0 Å². The third-order valence-electron chi connectivity index (χ3n) is 2.11. The summed E-state index contributed by atoms with van der Waals surface area (Å²) in [5.74, 6) is -0.0162. The van der Waals surface area contributed by atoms with Crippen molar-refractivity contribution in [3.63, 3.8) is 0 Å². The molecule has 1 aromatic carbocycles. The molecule has 5 heteroatoms. The van der Waals surface area contributed by atoms with Gasteiger partial charge in [-0.15, -0.1) is 11.3 Å². The van der Waals surface area contributed by atoms with Crippen LogP contribution in [0.1, 0.15) is 15.2 Å². The number of aromatic nitrogens is 1. The number of nitrogens with zero attached hydrogens (tertiary/aromatic N) is 1. The standard InChI is InChI=1S/C11H7Cl2NOS/c12-8-2-1-3-9(13)7(8)4-10(15)11-5-14-6-16-11/h1-3,5-6H,4H2. The van der Waals surface area contributed by atoms with Crippen molar-refractivity contribution in [3.8, 4) is 0 Å². The average Bonchev–Trinajstić information content (AvgIpc) is 2.76. The highest BCUT2D eigenvalue weighted by Crippen LogP contribution is 2.26. The van der Waals surface area contributed by atoms with Crippen LogP contribution in [0.25, 0.3) is 0 Å². The normalized spacial score (nSPS) is 10.4. The first-order valence-electron chi connectivity index (χ1n) is 4.53. The van der Waals surface area contributed by atoms with Gasteiger partial charge in [0.1, 0.15) is 0 Å². The Balaban J connectivity index is 2.25. The SMILES string of the molecule is O=C(Cc1c(Cl)cccc1Cl)c1cncs1. The summed E-state index contributed by atoms with van der Waals surface area (Å²) in [5, 5.41) is 1.04. The van der Waals surface area contributed by atoms with Crippen LogP contribution in [0.2, 0.25) is 10.0 Å². The Bertz CT molecular complexity index is 490. The van der Waals surface area contributed by atoms with Crippen molar-refractivity contribution in [1.82, 2.24) is 4.98 Å². The maximum Gasteiger partial charge on any atom is 0.178 e. The number of carbonyl (C=O) groups excluding carboxylic acids is 1. The minimum absolute atomic E-state index is 0.0162. The van der Waals surface area contributed by atoms with E-state index in [1.807, 2.05) is 0 Å². The van der Waals surface area contributed by atoms with E-state index in [1.165, 1.54) is 11.3 Å². The number of thiazole rings is 1. The Kier molecular flexibility index (Phi) is 3.59. The van der Waals surface area contributed by atoms with Crippen LogP contribution in [-0.2, 0) is 6.42 Å². The second kappa shape index (κ2) is 4.95. The van der Waals surface area contributed by atoms with Crippen LogP contribution in [0.15, 0.2) is 29.9 Å². The molecule has 1 aromatic heterocycles. The minimum Gasteiger partial charge on any atom is -0.293 e. The van der Waals surface area contributed by atoms with Gasteiger partial charge in [-0.3, -0.25) is 9.78 Å². The van der Waals surface area contributed by atoms with Crippen LogP contribution >= 0.6 is 34.5 Å². The van der Waals surface area contributed by atoms with Gasteiger partial charge in [-0.05, 0) is 17.7 Å². The monoisotopic (exact) mass is 271 g/mol. The second-order valence-corrected chi connectivity index (χ2v) is 4.87. The molecule has 0 saturated carbocycles. The number of hydrogen-bond donors (Lipinski definition) is 0. The Labute approximate surface area is 107 Å². The fraction of sp³-hybridized carbons (Fsp3) is 0.0909. The maximum absolute atomic E-state index is 11.8. The molecular formula is C11H7Cl2NOS. The average molecular weight is 272 g/mol. The molecule has 0 radical (unpaired) electrons. The van der Waals surface area contributed by atoms with Crippen molar-refractivity contribution in [3.05, 3.63) is 50.4 Å². The summed E-state index contributed by atoms with van der Waals surface area (Å²) >= 11 is 13.3. The van der Waals surface area contributed by atoms with Gasteiger partial charge in [-0.2, -0.15) is 0 Å². The Morgan fingerprint density at radius 1 is 1.31 bits per heavy atom. The molecule has 16 heavy (non-hydrogen) atoms. The van der Waals surface area contributed by atoms with Gasteiger partial charge in [0, 0.05) is 22.7 Å². The fourth-order valence-corrected chi connectivity index (χ4v) is 2.39. The van der Waals surface area contributed by atoms with E-state index in [4.69, 9.17) is 23.2 Å². The number of ketones is 1. The van der Waals surface area contributed by atoms with Crippen molar-refractivity contribution in [1.29, 1.82) is 0 Å². The highest BCUT2D eigenvalue weighted by Gasteiger charge is 2.13. The van der Waals surface area contributed by atoms with Gasteiger partial charge >= 0.3 is 0 Å². The van der Waals surface area contributed by atoms with Crippen LogP contribution in [0.3, 0.4) is 0 Å². The molecule has 0 N–H and O–H groups in total. The second-order valence-electron chi connectivity index (χ2n) is 3.17. The first-order valence-corrected chi connectivity index (χ1v) is 6.16. The minimum atomic E-state index is -0.0162. The largest absolute Gasteiger partial charge is 0.293 e. The Morgan fingerprint density at radius 3 is 2.56 bits per heavy atom. The molecule has 0 amide bonds. The molecule has 2 nitrogen and oxygen atoms in total. The molecule has 0 atom stereocenters. The van der Waals surface area contributed by atoms with Crippen LogP contribution in [0, 0.1) is 0 Å². The number of halogens is 2. The molecule has 0 aliphatic carbocycles. The van der Waals surface area contributed by atoms with E-state index in [0.29, 0.717) is 20.5 Å². The molecule has 0 spiro atoms. The molecule has 0 fully saturated rings. The molecule has 1 heterocycles. The van der Waals surface area contributed by atoms with Gasteiger partial charge in [0.25, 0.3) is 0 Å². The van der Waals surface area contributed by atoms with Gasteiger partial charge in [0.2, 0.25) is 0 Å². The van der Waals surface area contributed by atoms with E-state index in [2.05, 4.69) is 4.98 Å². The highest BCUT2D eigenvalue weighted by atomic mass is 35.5. The summed E-state index contributed by atoms with van der Waals surface area (Å²) in [7, 11) is 0. The lowest BCUT2D eigenvalue weighted by atomic mass is 10.1. The van der Waals surface area contributed by atoms with E-state index in [1.54, 1.807) is 29.9 Å².